The van der Waals surface area contributed by atoms with Crippen molar-refractivity contribution >= 4 is 5.69 Å². The third kappa shape index (κ3) is 3.81. The van der Waals surface area contributed by atoms with Gasteiger partial charge in [-0.2, -0.15) is 0 Å². The van der Waals surface area contributed by atoms with Gasteiger partial charge in [0, 0.05) is 25.3 Å². The minimum absolute atomic E-state index is 0.124. The van der Waals surface area contributed by atoms with Crippen molar-refractivity contribution in [3.8, 4) is 0 Å². The maximum Gasteiger partial charge on any atom is 0.123 e. The van der Waals surface area contributed by atoms with Crippen LogP contribution in [0.2, 0.25) is 0 Å². The molecule has 20 heavy (non-hydrogen) atoms. The van der Waals surface area contributed by atoms with Gasteiger partial charge in [-0.15, -0.1) is 0 Å². The number of nitrogens with two attached hydrogens (primary N) is 1. The van der Waals surface area contributed by atoms with E-state index in [0.29, 0.717) is 6.54 Å². The molecule has 0 aliphatic heterocycles. The first-order valence-electron chi connectivity index (χ1n) is 6.85. The predicted octanol–water partition coefficient (Wildman–Crippen LogP) is 3.35. The van der Waals surface area contributed by atoms with E-state index in [-0.39, 0.29) is 11.9 Å². The minimum atomic E-state index is -0.195. The molecular formula is C17H21FN2. The van der Waals surface area contributed by atoms with Crippen molar-refractivity contribution in [3.05, 3.63) is 65.5 Å². The maximum absolute atomic E-state index is 13.2. The van der Waals surface area contributed by atoms with Crippen LogP contribution in [0.15, 0.2) is 48.5 Å². The Labute approximate surface area is 120 Å². The topological polar surface area (TPSA) is 29.3 Å². The maximum atomic E-state index is 13.2. The molecule has 1 atom stereocenters. The highest BCUT2D eigenvalue weighted by molar-refractivity contribution is 5.53. The van der Waals surface area contributed by atoms with Gasteiger partial charge in [-0.05, 0) is 42.7 Å². The highest BCUT2D eigenvalue weighted by Crippen LogP contribution is 2.22. The van der Waals surface area contributed by atoms with Gasteiger partial charge in [0.1, 0.15) is 5.82 Å². The normalized spacial score (nSPS) is 12.2. The first-order valence-corrected chi connectivity index (χ1v) is 6.85. The third-order valence-corrected chi connectivity index (χ3v) is 3.25. The molecule has 0 heterocycles. The monoisotopic (exact) mass is 272 g/mol. The molecule has 0 aliphatic rings. The summed E-state index contributed by atoms with van der Waals surface area (Å²) in [6.45, 7) is 2.68. The molecule has 1 unspecified atom stereocenters. The van der Waals surface area contributed by atoms with E-state index in [0.717, 1.165) is 17.7 Å². The van der Waals surface area contributed by atoms with Crippen LogP contribution in [0.4, 0.5) is 10.1 Å². The molecule has 0 amide bonds. The van der Waals surface area contributed by atoms with Crippen molar-refractivity contribution < 1.29 is 4.39 Å². The standard InChI is InChI=1S/C17H21FN2/c1-13(19)10-15-7-3-4-9-17(15)20(2)12-14-6-5-8-16(18)11-14/h3-9,11,13H,10,12,19H2,1-2H3. The van der Waals surface area contributed by atoms with Crippen molar-refractivity contribution in [2.24, 2.45) is 5.73 Å². The van der Waals surface area contributed by atoms with Crippen molar-refractivity contribution in [2.75, 3.05) is 11.9 Å². The Morgan fingerprint density at radius 1 is 1.15 bits per heavy atom. The van der Waals surface area contributed by atoms with E-state index in [1.807, 2.05) is 32.2 Å². The van der Waals surface area contributed by atoms with Crippen LogP contribution in [0.5, 0.6) is 0 Å². The molecule has 2 aromatic carbocycles. The average Bonchev–Trinajstić information content (AvgIpc) is 2.38. The van der Waals surface area contributed by atoms with Crippen LogP contribution < -0.4 is 10.6 Å². The van der Waals surface area contributed by atoms with Crippen molar-refractivity contribution in [1.82, 2.24) is 0 Å². The molecule has 0 radical (unpaired) electrons. The molecule has 0 bridgehead atoms. The lowest BCUT2D eigenvalue weighted by atomic mass is 10.0. The Morgan fingerprint density at radius 2 is 1.90 bits per heavy atom. The summed E-state index contributed by atoms with van der Waals surface area (Å²) >= 11 is 0. The van der Waals surface area contributed by atoms with Gasteiger partial charge >= 0.3 is 0 Å². The van der Waals surface area contributed by atoms with Gasteiger partial charge < -0.3 is 10.6 Å². The Balaban J connectivity index is 2.18. The fourth-order valence-corrected chi connectivity index (χ4v) is 2.40. The minimum Gasteiger partial charge on any atom is -0.370 e. The van der Waals surface area contributed by atoms with Gasteiger partial charge in [-0.3, -0.25) is 0 Å². The van der Waals surface area contributed by atoms with Gasteiger partial charge in [0.2, 0.25) is 0 Å². The number of hydrogen-bond donors (Lipinski definition) is 1. The van der Waals surface area contributed by atoms with Crippen LogP contribution in [0, 0.1) is 5.82 Å². The fraction of sp³-hybridized carbons (Fsp3) is 0.294. The SMILES string of the molecule is CC(N)Cc1ccccc1N(C)Cc1cccc(F)c1. The summed E-state index contributed by atoms with van der Waals surface area (Å²) in [6.07, 6.45) is 0.837. The molecule has 0 fully saturated rings. The second-order valence-electron chi connectivity index (χ2n) is 5.30. The molecule has 0 aromatic heterocycles. The average molecular weight is 272 g/mol. The number of para-hydroxylation sites is 1. The van der Waals surface area contributed by atoms with Crippen molar-refractivity contribution in [1.29, 1.82) is 0 Å². The summed E-state index contributed by atoms with van der Waals surface area (Å²) in [4.78, 5) is 2.13. The molecule has 0 saturated carbocycles. The Hall–Kier alpha value is -1.87. The summed E-state index contributed by atoms with van der Waals surface area (Å²) in [6, 6.07) is 15.1. The molecule has 3 heteroatoms. The molecule has 106 valence electrons. The van der Waals surface area contributed by atoms with Gasteiger partial charge in [-0.1, -0.05) is 30.3 Å². The van der Waals surface area contributed by atoms with Gasteiger partial charge in [0.15, 0.2) is 0 Å². The van der Waals surface area contributed by atoms with Gasteiger partial charge in [0.05, 0.1) is 0 Å². The molecule has 0 saturated heterocycles. The van der Waals surface area contributed by atoms with E-state index in [9.17, 15) is 4.39 Å². The summed E-state index contributed by atoms with van der Waals surface area (Å²) in [5.74, 6) is -0.195. The Kier molecular flexibility index (Phi) is 4.74. The first kappa shape index (κ1) is 14.5. The number of nitrogens with zero attached hydrogens (tertiary/aromatic N) is 1. The lowest BCUT2D eigenvalue weighted by molar-refractivity contribution is 0.625. The number of anilines is 1. The van der Waals surface area contributed by atoms with Crippen molar-refractivity contribution in [2.45, 2.75) is 25.9 Å². The fourth-order valence-electron chi connectivity index (χ4n) is 2.40. The van der Waals surface area contributed by atoms with Crippen molar-refractivity contribution in [3.63, 3.8) is 0 Å². The molecule has 2 N–H and O–H groups in total. The summed E-state index contributed by atoms with van der Waals surface area (Å²) in [7, 11) is 2.02. The Bertz CT molecular complexity index is 566. The lowest BCUT2D eigenvalue weighted by Crippen LogP contribution is -2.22. The largest absolute Gasteiger partial charge is 0.370 e. The van der Waals surface area contributed by atoms with Crippen LogP contribution in [0.25, 0.3) is 0 Å². The molecular weight excluding hydrogens is 251 g/mol. The number of halogens is 1. The second-order valence-corrected chi connectivity index (χ2v) is 5.30. The van der Waals surface area contributed by atoms with E-state index in [1.54, 1.807) is 12.1 Å². The zero-order valence-electron chi connectivity index (χ0n) is 12.0. The van der Waals surface area contributed by atoms with Crippen LogP contribution in [-0.4, -0.2) is 13.1 Å². The van der Waals surface area contributed by atoms with E-state index in [1.165, 1.54) is 11.6 Å². The van der Waals surface area contributed by atoms with Crippen LogP contribution in [0.1, 0.15) is 18.1 Å². The molecule has 2 nitrogen and oxygen atoms in total. The quantitative estimate of drug-likeness (QED) is 0.904. The second kappa shape index (κ2) is 6.53. The predicted molar refractivity (Wildman–Crippen MR) is 82.3 cm³/mol. The van der Waals surface area contributed by atoms with Crippen LogP contribution >= 0.6 is 0 Å². The highest BCUT2D eigenvalue weighted by Gasteiger charge is 2.09. The summed E-state index contributed by atoms with van der Waals surface area (Å²) < 4.78 is 13.2. The van der Waals surface area contributed by atoms with Crippen LogP contribution in [0.3, 0.4) is 0 Å². The lowest BCUT2D eigenvalue weighted by Gasteiger charge is -2.23. The van der Waals surface area contributed by atoms with E-state index >= 15 is 0 Å². The van der Waals surface area contributed by atoms with E-state index in [4.69, 9.17) is 5.73 Å². The molecule has 2 aromatic rings. The van der Waals surface area contributed by atoms with Crippen LogP contribution in [-0.2, 0) is 13.0 Å². The van der Waals surface area contributed by atoms with E-state index in [2.05, 4.69) is 17.0 Å². The van der Waals surface area contributed by atoms with E-state index < -0.39 is 0 Å². The Morgan fingerprint density at radius 3 is 2.60 bits per heavy atom. The number of hydrogen-bond acceptors (Lipinski definition) is 2. The van der Waals surface area contributed by atoms with Gasteiger partial charge in [-0.25, -0.2) is 4.39 Å². The smallest absolute Gasteiger partial charge is 0.123 e. The summed E-state index contributed by atoms with van der Waals surface area (Å²) in [5, 5.41) is 0. The first-order chi connectivity index (χ1) is 9.56. The zero-order valence-corrected chi connectivity index (χ0v) is 12.0. The number of benzene rings is 2. The zero-order chi connectivity index (χ0) is 14.5. The molecule has 0 spiro atoms. The third-order valence-electron chi connectivity index (χ3n) is 3.25. The molecule has 2 rings (SSSR count). The number of rotatable bonds is 5. The highest BCUT2D eigenvalue weighted by atomic mass is 19.1. The summed E-state index contributed by atoms with van der Waals surface area (Å²) in [5.41, 5.74) is 9.23. The van der Waals surface area contributed by atoms with Gasteiger partial charge in [0.25, 0.3) is 0 Å². The molecule has 0 aliphatic carbocycles.